The zero-order chi connectivity index (χ0) is 12.5. The number of hydrogen-bond donors (Lipinski definition) is 1. The van der Waals surface area contributed by atoms with Crippen molar-refractivity contribution in [3.05, 3.63) is 11.9 Å². The Balaban J connectivity index is 2.05. The average molecular weight is 259 g/mol. The van der Waals surface area contributed by atoms with Gasteiger partial charge in [0, 0.05) is 20.2 Å². The van der Waals surface area contributed by atoms with Gasteiger partial charge in [-0.3, -0.25) is 4.68 Å². The van der Waals surface area contributed by atoms with Crippen LogP contribution in [0.3, 0.4) is 0 Å². The van der Waals surface area contributed by atoms with Gasteiger partial charge in [0.1, 0.15) is 4.90 Å². The molecule has 0 bridgehead atoms. The zero-order valence-electron chi connectivity index (χ0n) is 10.0. The van der Waals surface area contributed by atoms with E-state index in [9.17, 15) is 8.42 Å². The van der Waals surface area contributed by atoms with Crippen LogP contribution in [0.15, 0.2) is 11.1 Å². The second-order valence-electron chi connectivity index (χ2n) is 4.20. The van der Waals surface area contributed by atoms with E-state index in [4.69, 9.17) is 4.74 Å². The van der Waals surface area contributed by atoms with Crippen LogP contribution in [0.4, 0.5) is 0 Å². The second kappa shape index (κ2) is 4.75. The van der Waals surface area contributed by atoms with E-state index in [0.29, 0.717) is 12.2 Å². The van der Waals surface area contributed by atoms with Gasteiger partial charge in [0.25, 0.3) is 0 Å². The highest BCUT2D eigenvalue weighted by atomic mass is 32.2. The summed E-state index contributed by atoms with van der Waals surface area (Å²) >= 11 is 0. The molecular weight excluding hydrogens is 242 g/mol. The normalized spacial score (nSPS) is 20.9. The molecule has 1 aromatic heterocycles. The quantitative estimate of drug-likeness (QED) is 0.837. The number of nitrogens with zero attached hydrogens (tertiary/aromatic N) is 2. The van der Waals surface area contributed by atoms with Gasteiger partial charge >= 0.3 is 0 Å². The van der Waals surface area contributed by atoms with E-state index in [0.717, 1.165) is 19.4 Å². The van der Waals surface area contributed by atoms with Crippen LogP contribution < -0.4 is 4.72 Å². The standard InChI is InChI=1S/C10H17N3O3S/c1-8-10(7-11-13(8)2)17(14,15)12-6-9-4-3-5-16-9/h7,9,12H,3-6H2,1-2H3/t9-/m1/s1. The predicted molar refractivity (Wildman–Crippen MR) is 62.1 cm³/mol. The second-order valence-corrected chi connectivity index (χ2v) is 5.94. The van der Waals surface area contributed by atoms with Crippen LogP contribution in [0.1, 0.15) is 18.5 Å². The van der Waals surface area contributed by atoms with Gasteiger partial charge in [0.05, 0.1) is 18.0 Å². The largest absolute Gasteiger partial charge is 0.377 e. The van der Waals surface area contributed by atoms with Crippen LogP contribution in [0.5, 0.6) is 0 Å². The van der Waals surface area contributed by atoms with Gasteiger partial charge in [-0.25, -0.2) is 13.1 Å². The van der Waals surface area contributed by atoms with Gasteiger partial charge in [0.2, 0.25) is 10.0 Å². The SMILES string of the molecule is Cc1c(S(=O)(=O)NC[C@H]2CCCO2)cnn1C. The van der Waals surface area contributed by atoms with Crippen LogP contribution in [0, 0.1) is 6.92 Å². The molecule has 1 atom stereocenters. The minimum atomic E-state index is -3.47. The number of hydrogen-bond acceptors (Lipinski definition) is 4. The van der Waals surface area contributed by atoms with Crippen LogP contribution in [0.25, 0.3) is 0 Å². The van der Waals surface area contributed by atoms with E-state index >= 15 is 0 Å². The highest BCUT2D eigenvalue weighted by Crippen LogP contribution is 2.15. The Morgan fingerprint density at radius 3 is 2.94 bits per heavy atom. The minimum Gasteiger partial charge on any atom is -0.377 e. The molecule has 6 nitrogen and oxygen atoms in total. The third-order valence-electron chi connectivity index (χ3n) is 3.00. The maximum atomic E-state index is 12.0. The Kier molecular flexibility index (Phi) is 3.50. The number of rotatable bonds is 4. The van der Waals surface area contributed by atoms with Crippen LogP contribution >= 0.6 is 0 Å². The molecule has 0 aliphatic carbocycles. The monoisotopic (exact) mass is 259 g/mol. The molecule has 1 aliphatic rings. The summed E-state index contributed by atoms with van der Waals surface area (Å²) in [5.41, 5.74) is 0.629. The molecule has 96 valence electrons. The van der Waals surface area contributed by atoms with E-state index in [2.05, 4.69) is 9.82 Å². The molecule has 7 heteroatoms. The summed E-state index contributed by atoms with van der Waals surface area (Å²) in [6.45, 7) is 2.78. The van der Waals surface area contributed by atoms with E-state index in [1.807, 2.05) is 0 Å². The highest BCUT2D eigenvalue weighted by Gasteiger charge is 2.23. The molecule has 1 N–H and O–H groups in total. The summed E-state index contributed by atoms with van der Waals surface area (Å²) in [6, 6.07) is 0. The molecule has 0 saturated carbocycles. The molecule has 0 aromatic carbocycles. The number of nitrogens with one attached hydrogen (secondary N) is 1. The summed E-state index contributed by atoms with van der Waals surface area (Å²) in [5, 5.41) is 3.93. The molecule has 0 amide bonds. The predicted octanol–water partition coefficient (Wildman–Crippen LogP) is 0.186. The first-order chi connectivity index (χ1) is 8.00. The Morgan fingerprint density at radius 1 is 1.65 bits per heavy atom. The number of aromatic nitrogens is 2. The summed E-state index contributed by atoms with van der Waals surface area (Å²) in [6.07, 6.45) is 3.28. The van der Waals surface area contributed by atoms with Crippen molar-refractivity contribution >= 4 is 10.0 Å². The maximum Gasteiger partial charge on any atom is 0.244 e. The van der Waals surface area contributed by atoms with Crippen molar-refractivity contribution in [1.29, 1.82) is 0 Å². The van der Waals surface area contributed by atoms with E-state index in [1.54, 1.807) is 18.7 Å². The van der Waals surface area contributed by atoms with Crippen molar-refractivity contribution in [2.75, 3.05) is 13.2 Å². The highest BCUT2D eigenvalue weighted by molar-refractivity contribution is 7.89. The van der Waals surface area contributed by atoms with Crippen LogP contribution in [-0.2, 0) is 21.8 Å². The molecular formula is C10H17N3O3S. The molecule has 1 aliphatic heterocycles. The smallest absolute Gasteiger partial charge is 0.244 e. The average Bonchev–Trinajstić information content (AvgIpc) is 2.88. The van der Waals surface area contributed by atoms with Crippen molar-refractivity contribution in [1.82, 2.24) is 14.5 Å². The molecule has 17 heavy (non-hydrogen) atoms. The lowest BCUT2D eigenvalue weighted by Gasteiger charge is -2.10. The lowest BCUT2D eigenvalue weighted by molar-refractivity contribution is 0.114. The van der Waals surface area contributed by atoms with Crippen molar-refractivity contribution in [2.45, 2.75) is 30.8 Å². The molecule has 2 rings (SSSR count). The first-order valence-corrected chi connectivity index (χ1v) is 7.09. The fourth-order valence-electron chi connectivity index (χ4n) is 1.83. The van der Waals surface area contributed by atoms with Gasteiger partial charge in [-0.15, -0.1) is 0 Å². The van der Waals surface area contributed by atoms with E-state index in [-0.39, 0.29) is 11.0 Å². The van der Waals surface area contributed by atoms with Crippen LogP contribution in [-0.4, -0.2) is 37.5 Å². The molecule has 1 fully saturated rings. The summed E-state index contributed by atoms with van der Waals surface area (Å²) in [7, 11) is -1.75. The lowest BCUT2D eigenvalue weighted by Crippen LogP contribution is -2.32. The molecule has 0 radical (unpaired) electrons. The summed E-state index contributed by atoms with van der Waals surface area (Å²) in [5.74, 6) is 0. The van der Waals surface area contributed by atoms with Crippen molar-refractivity contribution in [2.24, 2.45) is 7.05 Å². The Morgan fingerprint density at radius 2 is 2.41 bits per heavy atom. The van der Waals surface area contributed by atoms with Gasteiger partial charge in [-0.1, -0.05) is 0 Å². The minimum absolute atomic E-state index is 0.00162. The zero-order valence-corrected chi connectivity index (χ0v) is 10.8. The summed E-state index contributed by atoms with van der Waals surface area (Å²) < 4.78 is 33.5. The fraction of sp³-hybridized carbons (Fsp3) is 0.700. The lowest BCUT2D eigenvalue weighted by atomic mass is 10.2. The number of ether oxygens (including phenoxy) is 1. The summed E-state index contributed by atoms with van der Waals surface area (Å²) in [4.78, 5) is 0.234. The fourth-order valence-corrected chi connectivity index (χ4v) is 3.10. The third kappa shape index (κ3) is 2.67. The number of sulfonamides is 1. The van der Waals surface area contributed by atoms with Crippen molar-refractivity contribution in [3.63, 3.8) is 0 Å². The van der Waals surface area contributed by atoms with Crippen molar-refractivity contribution < 1.29 is 13.2 Å². The number of aryl methyl sites for hydroxylation is 1. The topological polar surface area (TPSA) is 73.2 Å². The first kappa shape index (κ1) is 12.5. The molecule has 0 spiro atoms. The Labute approximate surface area is 101 Å². The third-order valence-corrected chi connectivity index (χ3v) is 4.53. The van der Waals surface area contributed by atoms with E-state index in [1.165, 1.54) is 6.20 Å². The van der Waals surface area contributed by atoms with Gasteiger partial charge in [-0.05, 0) is 19.8 Å². The van der Waals surface area contributed by atoms with E-state index < -0.39 is 10.0 Å². The maximum absolute atomic E-state index is 12.0. The molecule has 0 unspecified atom stereocenters. The molecule has 1 saturated heterocycles. The molecule has 1 aromatic rings. The first-order valence-electron chi connectivity index (χ1n) is 5.60. The van der Waals surface area contributed by atoms with Crippen molar-refractivity contribution in [3.8, 4) is 0 Å². The van der Waals surface area contributed by atoms with Gasteiger partial charge in [-0.2, -0.15) is 5.10 Å². The van der Waals surface area contributed by atoms with Gasteiger partial charge < -0.3 is 4.74 Å². The Bertz CT molecular complexity index is 489. The Hall–Kier alpha value is -0.920. The van der Waals surface area contributed by atoms with Gasteiger partial charge in [0.15, 0.2) is 0 Å². The van der Waals surface area contributed by atoms with Crippen LogP contribution in [0.2, 0.25) is 0 Å². The molecule has 2 heterocycles.